The fraction of sp³-hybridized carbons (Fsp3) is 0.125. The van der Waals surface area contributed by atoms with Crippen molar-refractivity contribution in [2.75, 3.05) is 0 Å². The summed E-state index contributed by atoms with van der Waals surface area (Å²) in [5, 5.41) is 0. The van der Waals surface area contributed by atoms with Gasteiger partial charge in [-0.2, -0.15) is 0 Å². The van der Waals surface area contributed by atoms with Gasteiger partial charge in [-0.05, 0) is 6.08 Å². The molecule has 1 atom stereocenters. The highest BCUT2D eigenvalue weighted by molar-refractivity contribution is 5.36. The van der Waals surface area contributed by atoms with Crippen molar-refractivity contribution in [1.29, 1.82) is 0 Å². The summed E-state index contributed by atoms with van der Waals surface area (Å²) in [4.78, 5) is 0. The maximum atomic E-state index is 5.79. The molecule has 1 aliphatic rings. The van der Waals surface area contributed by atoms with Crippen molar-refractivity contribution in [2.24, 2.45) is 0 Å². The van der Waals surface area contributed by atoms with Crippen molar-refractivity contribution in [3.8, 4) is 0 Å². The Hall–Kier alpha value is -2.22. The Bertz CT molecular complexity index is 481. The molecule has 1 aliphatic carbocycles. The van der Waals surface area contributed by atoms with Gasteiger partial charge in [0.15, 0.2) is 11.4 Å². The van der Waals surface area contributed by atoms with Crippen LogP contribution in [0.15, 0.2) is 80.0 Å². The van der Waals surface area contributed by atoms with Gasteiger partial charge in [-0.25, -0.2) is 0 Å². The predicted molar refractivity (Wildman–Crippen MR) is 72.5 cm³/mol. The first kappa shape index (κ1) is 12.2. The molecule has 1 aromatic carbocycles. The fourth-order valence-electron chi connectivity index (χ4n) is 2.13. The van der Waals surface area contributed by atoms with E-state index in [1.54, 1.807) is 0 Å². The topological polar surface area (TPSA) is 18.5 Å². The number of hydrogen-bond acceptors (Lipinski definition) is 2. The monoisotopic (exact) mass is 240 g/mol. The molecule has 0 N–H and O–H groups in total. The second kappa shape index (κ2) is 5.41. The normalized spacial score (nSPS) is 21.9. The summed E-state index contributed by atoms with van der Waals surface area (Å²) in [5.41, 5.74) is 0.383. The first-order valence-corrected chi connectivity index (χ1v) is 5.82. The van der Waals surface area contributed by atoms with E-state index in [1.807, 2.05) is 48.6 Å². The number of rotatable bonds is 5. The molecule has 0 aliphatic heterocycles. The third-order valence-electron chi connectivity index (χ3n) is 2.92. The molecule has 0 bridgehead atoms. The van der Waals surface area contributed by atoms with E-state index in [4.69, 9.17) is 9.47 Å². The molecule has 0 saturated heterocycles. The minimum Gasteiger partial charge on any atom is -0.482 e. The molecule has 2 nitrogen and oxygen atoms in total. The number of benzene rings is 1. The minimum atomic E-state index is -0.647. The van der Waals surface area contributed by atoms with E-state index in [9.17, 15) is 0 Å². The molecule has 0 fully saturated rings. The van der Waals surface area contributed by atoms with Crippen LogP contribution in [0.1, 0.15) is 12.0 Å². The molecule has 0 heterocycles. The van der Waals surface area contributed by atoms with Gasteiger partial charge in [0.25, 0.3) is 0 Å². The highest BCUT2D eigenvalue weighted by atomic mass is 16.5. The first-order valence-electron chi connectivity index (χ1n) is 5.82. The number of ether oxygens (including phenoxy) is 2. The zero-order valence-corrected chi connectivity index (χ0v) is 10.2. The Morgan fingerprint density at radius 2 is 1.89 bits per heavy atom. The summed E-state index contributed by atoms with van der Waals surface area (Å²) in [5.74, 6) is 0.714. The molecule has 2 heteroatoms. The standard InChI is InChI=1S/C16H16O2/c1-3-17-15-12-8-9-13-16(15,18-4-2)14-10-6-5-7-11-14/h3-12H,1-2,13H2. The Kier molecular flexibility index (Phi) is 3.68. The van der Waals surface area contributed by atoms with Crippen molar-refractivity contribution in [2.45, 2.75) is 12.0 Å². The molecule has 0 aromatic heterocycles. The maximum Gasteiger partial charge on any atom is 0.193 e. The van der Waals surface area contributed by atoms with E-state index in [0.717, 1.165) is 5.56 Å². The third kappa shape index (κ3) is 2.09. The molecule has 0 amide bonds. The molecule has 2 rings (SSSR count). The van der Waals surface area contributed by atoms with E-state index >= 15 is 0 Å². The van der Waals surface area contributed by atoms with Crippen LogP contribution in [-0.4, -0.2) is 0 Å². The van der Waals surface area contributed by atoms with Gasteiger partial charge < -0.3 is 9.47 Å². The smallest absolute Gasteiger partial charge is 0.193 e. The number of hydrogen-bond donors (Lipinski definition) is 0. The fourth-order valence-corrected chi connectivity index (χ4v) is 2.13. The lowest BCUT2D eigenvalue weighted by molar-refractivity contribution is 0.0128. The minimum absolute atomic E-state index is 0.647. The van der Waals surface area contributed by atoms with E-state index in [0.29, 0.717) is 12.2 Å². The molecule has 1 unspecified atom stereocenters. The molecular formula is C16H16O2. The van der Waals surface area contributed by atoms with Gasteiger partial charge in [-0.15, -0.1) is 0 Å². The molecule has 92 valence electrons. The summed E-state index contributed by atoms with van der Waals surface area (Å²) in [6.07, 6.45) is 9.45. The first-order chi connectivity index (χ1) is 8.83. The number of allylic oxidation sites excluding steroid dienone is 2. The molecule has 1 aromatic rings. The zero-order valence-electron chi connectivity index (χ0n) is 10.2. The largest absolute Gasteiger partial charge is 0.482 e. The maximum absolute atomic E-state index is 5.79. The van der Waals surface area contributed by atoms with Crippen LogP contribution in [0.4, 0.5) is 0 Å². The second-order valence-corrected chi connectivity index (χ2v) is 3.93. The van der Waals surface area contributed by atoms with Gasteiger partial charge in [0.05, 0.1) is 12.5 Å². The lowest BCUT2D eigenvalue weighted by Crippen LogP contribution is -2.32. The Morgan fingerprint density at radius 3 is 2.56 bits per heavy atom. The summed E-state index contributed by atoms with van der Waals surface area (Å²) in [7, 11) is 0. The van der Waals surface area contributed by atoms with Crippen molar-refractivity contribution < 1.29 is 9.47 Å². The Labute approximate surface area is 108 Å². The van der Waals surface area contributed by atoms with Crippen LogP contribution < -0.4 is 0 Å². The lowest BCUT2D eigenvalue weighted by atomic mass is 9.85. The van der Waals surface area contributed by atoms with Crippen LogP contribution in [0.3, 0.4) is 0 Å². The van der Waals surface area contributed by atoms with E-state index in [1.165, 1.54) is 12.5 Å². The molecule has 0 saturated carbocycles. The Morgan fingerprint density at radius 1 is 1.11 bits per heavy atom. The van der Waals surface area contributed by atoms with Crippen LogP contribution in [0.25, 0.3) is 0 Å². The van der Waals surface area contributed by atoms with E-state index < -0.39 is 5.60 Å². The lowest BCUT2D eigenvalue weighted by Gasteiger charge is -2.35. The summed E-state index contributed by atoms with van der Waals surface area (Å²) < 4.78 is 11.3. The molecular weight excluding hydrogens is 224 g/mol. The molecule has 0 spiro atoms. The van der Waals surface area contributed by atoms with Crippen LogP contribution in [0.5, 0.6) is 0 Å². The SMILES string of the molecule is C=COC1=CC=CCC1(OC=C)c1ccccc1. The summed E-state index contributed by atoms with van der Waals surface area (Å²) in [6, 6.07) is 9.97. The van der Waals surface area contributed by atoms with Gasteiger partial charge in [-0.3, -0.25) is 0 Å². The summed E-state index contributed by atoms with van der Waals surface area (Å²) >= 11 is 0. The van der Waals surface area contributed by atoms with Crippen LogP contribution in [-0.2, 0) is 15.1 Å². The average molecular weight is 240 g/mol. The van der Waals surface area contributed by atoms with Gasteiger partial charge in [-0.1, -0.05) is 55.6 Å². The third-order valence-corrected chi connectivity index (χ3v) is 2.92. The van der Waals surface area contributed by atoms with Crippen molar-refractivity contribution in [3.05, 3.63) is 85.6 Å². The van der Waals surface area contributed by atoms with Crippen LogP contribution >= 0.6 is 0 Å². The average Bonchev–Trinajstić information content (AvgIpc) is 2.43. The second-order valence-electron chi connectivity index (χ2n) is 3.93. The zero-order chi connectivity index (χ0) is 12.8. The van der Waals surface area contributed by atoms with Crippen LogP contribution in [0, 0.1) is 0 Å². The Balaban J connectivity index is 2.49. The predicted octanol–water partition coefficient (Wildman–Crippen LogP) is 4.05. The van der Waals surface area contributed by atoms with Gasteiger partial charge in [0.1, 0.15) is 0 Å². The van der Waals surface area contributed by atoms with Crippen LogP contribution in [0.2, 0.25) is 0 Å². The van der Waals surface area contributed by atoms with Crippen molar-refractivity contribution >= 4 is 0 Å². The van der Waals surface area contributed by atoms with Gasteiger partial charge in [0.2, 0.25) is 0 Å². The van der Waals surface area contributed by atoms with Crippen molar-refractivity contribution in [3.63, 3.8) is 0 Å². The van der Waals surface area contributed by atoms with E-state index in [2.05, 4.69) is 13.2 Å². The van der Waals surface area contributed by atoms with E-state index in [-0.39, 0.29) is 0 Å². The highest BCUT2D eigenvalue weighted by Crippen LogP contribution is 2.40. The van der Waals surface area contributed by atoms with Gasteiger partial charge in [0, 0.05) is 12.0 Å². The quantitative estimate of drug-likeness (QED) is 0.723. The summed E-state index contributed by atoms with van der Waals surface area (Å²) in [6.45, 7) is 7.27. The molecule has 18 heavy (non-hydrogen) atoms. The molecule has 0 radical (unpaired) electrons. The highest BCUT2D eigenvalue weighted by Gasteiger charge is 2.39. The van der Waals surface area contributed by atoms with Crippen molar-refractivity contribution in [1.82, 2.24) is 0 Å². The van der Waals surface area contributed by atoms with Gasteiger partial charge >= 0.3 is 0 Å².